The van der Waals surface area contributed by atoms with Crippen LogP contribution in [-0.2, 0) is 0 Å². The maximum Gasteiger partial charge on any atom is 0.193 e. The molecule has 0 spiro atoms. The number of aliphatic imine (C=N–C) groups is 1. The zero-order chi connectivity index (χ0) is 16.5. The molecule has 0 aromatic heterocycles. The van der Waals surface area contributed by atoms with E-state index in [1.165, 1.54) is 24.0 Å². The zero-order valence-electron chi connectivity index (χ0n) is 15.5. The molecule has 0 radical (unpaired) electrons. The Morgan fingerprint density at radius 3 is 2.26 bits per heavy atom. The molecule has 132 valence electrons. The highest BCUT2D eigenvalue weighted by molar-refractivity contribution is 14.0. The van der Waals surface area contributed by atoms with Gasteiger partial charge in [0.1, 0.15) is 0 Å². The van der Waals surface area contributed by atoms with Gasteiger partial charge in [0.2, 0.25) is 0 Å². The molecule has 4 nitrogen and oxygen atoms in total. The standard InChI is InChI=1S/C18H32N4.HI/c1-7-8-13-22(6)18(19-3)20-14-17(21(4)5)16-11-9-15(2)10-12-16;/h9-12,17H,7-8,13-14H2,1-6H3,(H,19,20);1H. The molecule has 23 heavy (non-hydrogen) atoms. The molecule has 1 rings (SSSR count). The van der Waals surface area contributed by atoms with Gasteiger partial charge in [0.25, 0.3) is 0 Å². The zero-order valence-corrected chi connectivity index (χ0v) is 17.8. The average molecular weight is 432 g/mol. The van der Waals surface area contributed by atoms with Gasteiger partial charge in [-0.25, -0.2) is 0 Å². The predicted molar refractivity (Wildman–Crippen MR) is 112 cm³/mol. The number of hydrogen-bond acceptors (Lipinski definition) is 2. The van der Waals surface area contributed by atoms with Crippen molar-refractivity contribution in [3.8, 4) is 0 Å². The van der Waals surface area contributed by atoms with E-state index in [1.807, 2.05) is 7.05 Å². The van der Waals surface area contributed by atoms with Crippen LogP contribution in [0.15, 0.2) is 29.3 Å². The van der Waals surface area contributed by atoms with Crippen LogP contribution >= 0.6 is 24.0 Å². The van der Waals surface area contributed by atoms with Crippen molar-refractivity contribution in [1.29, 1.82) is 0 Å². The van der Waals surface area contributed by atoms with Crippen molar-refractivity contribution >= 4 is 29.9 Å². The second-order valence-electron chi connectivity index (χ2n) is 6.09. The van der Waals surface area contributed by atoms with Crippen molar-refractivity contribution in [2.45, 2.75) is 32.7 Å². The van der Waals surface area contributed by atoms with Crippen LogP contribution in [0.5, 0.6) is 0 Å². The van der Waals surface area contributed by atoms with Gasteiger partial charge >= 0.3 is 0 Å². The number of halogens is 1. The van der Waals surface area contributed by atoms with E-state index in [4.69, 9.17) is 0 Å². The van der Waals surface area contributed by atoms with E-state index in [2.05, 4.69) is 79.4 Å². The predicted octanol–water partition coefficient (Wildman–Crippen LogP) is 3.52. The lowest BCUT2D eigenvalue weighted by molar-refractivity contribution is 0.295. The van der Waals surface area contributed by atoms with Gasteiger partial charge in [0.05, 0.1) is 6.04 Å². The van der Waals surface area contributed by atoms with E-state index < -0.39 is 0 Å². The minimum absolute atomic E-state index is 0. The Hall–Kier alpha value is -0.820. The molecular weight excluding hydrogens is 399 g/mol. The van der Waals surface area contributed by atoms with Crippen LogP contribution < -0.4 is 5.32 Å². The summed E-state index contributed by atoms with van der Waals surface area (Å²) in [5.41, 5.74) is 2.62. The summed E-state index contributed by atoms with van der Waals surface area (Å²) >= 11 is 0. The molecule has 0 saturated carbocycles. The smallest absolute Gasteiger partial charge is 0.193 e. The summed E-state index contributed by atoms with van der Waals surface area (Å²) in [6, 6.07) is 9.11. The number of hydrogen-bond donors (Lipinski definition) is 1. The Morgan fingerprint density at radius 2 is 1.78 bits per heavy atom. The molecule has 5 heteroatoms. The first-order valence-corrected chi connectivity index (χ1v) is 8.14. The fourth-order valence-electron chi connectivity index (χ4n) is 2.46. The Balaban J connectivity index is 0.00000484. The normalized spacial score (nSPS) is 12.7. The summed E-state index contributed by atoms with van der Waals surface area (Å²) in [7, 11) is 8.19. The quantitative estimate of drug-likeness (QED) is 0.407. The fourth-order valence-corrected chi connectivity index (χ4v) is 2.46. The van der Waals surface area contributed by atoms with Crippen molar-refractivity contribution in [3.63, 3.8) is 0 Å². The summed E-state index contributed by atoms with van der Waals surface area (Å²) < 4.78 is 0. The van der Waals surface area contributed by atoms with Crippen LogP contribution in [0.4, 0.5) is 0 Å². The summed E-state index contributed by atoms with van der Waals surface area (Å²) in [4.78, 5) is 8.84. The van der Waals surface area contributed by atoms with Crippen molar-refractivity contribution < 1.29 is 0 Å². The largest absolute Gasteiger partial charge is 0.354 e. The minimum Gasteiger partial charge on any atom is -0.354 e. The Kier molecular flexibility index (Phi) is 11.3. The molecule has 1 atom stereocenters. The third-order valence-corrected chi connectivity index (χ3v) is 3.96. The van der Waals surface area contributed by atoms with Crippen LogP contribution in [0, 0.1) is 6.92 Å². The molecule has 1 aromatic rings. The van der Waals surface area contributed by atoms with E-state index in [0.717, 1.165) is 19.0 Å². The first-order valence-electron chi connectivity index (χ1n) is 8.14. The third kappa shape index (κ3) is 7.52. The Labute approximate surface area is 159 Å². The lowest BCUT2D eigenvalue weighted by atomic mass is 10.0. The molecule has 1 aromatic carbocycles. The SMILES string of the molecule is CCCCN(C)C(=NC)NCC(c1ccc(C)cc1)N(C)C.I. The second-order valence-corrected chi connectivity index (χ2v) is 6.09. The van der Waals surface area contributed by atoms with Gasteiger partial charge in [-0.15, -0.1) is 24.0 Å². The van der Waals surface area contributed by atoms with Gasteiger partial charge in [-0.05, 0) is 33.0 Å². The molecule has 0 fully saturated rings. The number of benzene rings is 1. The Morgan fingerprint density at radius 1 is 1.17 bits per heavy atom. The topological polar surface area (TPSA) is 30.9 Å². The number of guanidine groups is 1. The maximum atomic E-state index is 4.39. The second kappa shape index (κ2) is 11.7. The average Bonchev–Trinajstić information content (AvgIpc) is 2.50. The van der Waals surface area contributed by atoms with Gasteiger partial charge < -0.3 is 15.1 Å². The lowest BCUT2D eigenvalue weighted by Crippen LogP contribution is -2.43. The molecule has 0 heterocycles. The van der Waals surface area contributed by atoms with E-state index in [-0.39, 0.29) is 24.0 Å². The number of nitrogens with zero attached hydrogens (tertiary/aromatic N) is 3. The van der Waals surface area contributed by atoms with E-state index >= 15 is 0 Å². The van der Waals surface area contributed by atoms with Crippen LogP contribution in [0.3, 0.4) is 0 Å². The molecule has 0 saturated heterocycles. The highest BCUT2D eigenvalue weighted by Gasteiger charge is 2.15. The number of unbranched alkanes of at least 4 members (excludes halogenated alkanes) is 1. The number of nitrogens with one attached hydrogen (secondary N) is 1. The molecule has 1 N–H and O–H groups in total. The monoisotopic (exact) mass is 432 g/mol. The molecule has 0 amide bonds. The van der Waals surface area contributed by atoms with Gasteiger partial charge in [0.15, 0.2) is 5.96 Å². The molecule has 0 bridgehead atoms. The summed E-state index contributed by atoms with van der Waals surface area (Å²) in [6.45, 7) is 6.22. The molecular formula is C18H33IN4. The lowest BCUT2D eigenvalue weighted by Gasteiger charge is -2.28. The van der Waals surface area contributed by atoms with Crippen molar-refractivity contribution in [1.82, 2.24) is 15.1 Å². The van der Waals surface area contributed by atoms with Crippen LogP contribution in [0.25, 0.3) is 0 Å². The Bertz CT molecular complexity index is 457. The van der Waals surface area contributed by atoms with E-state index in [1.54, 1.807) is 0 Å². The minimum atomic E-state index is 0. The van der Waals surface area contributed by atoms with Gasteiger partial charge in [-0.3, -0.25) is 4.99 Å². The summed E-state index contributed by atoms with van der Waals surface area (Å²) in [5.74, 6) is 0.965. The maximum absolute atomic E-state index is 4.39. The van der Waals surface area contributed by atoms with Crippen molar-refractivity contribution in [2.75, 3.05) is 41.3 Å². The van der Waals surface area contributed by atoms with Crippen LogP contribution in [0.2, 0.25) is 0 Å². The van der Waals surface area contributed by atoms with Gasteiger partial charge in [-0.1, -0.05) is 43.2 Å². The molecule has 0 aliphatic rings. The van der Waals surface area contributed by atoms with E-state index in [0.29, 0.717) is 6.04 Å². The van der Waals surface area contributed by atoms with Crippen LogP contribution in [0.1, 0.15) is 36.9 Å². The molecule has 1 unspecified atom stereocenters. The number of likely N-dealkylation sites (N-methyl/N-ethyl adjacent to an activating group) is 1. The molecule has 0 aliphatic heterocycles. The van der Waals surface area contributed by atoms with E-state index in [9.17, 15) is 0 Å². The van der Waals surface area contributed by atoms with Crippen molar-refractivity contribution in [2.24, 2.45) is 4.99 Å². The fraction of sp³-hybridized carbons (Fsp3) is 0.611. The summed E-state index contributed by atoms with van der Waals surface area (Å²) in [6.07, 6.45) is 2.39. The highest BCUT2D eigenvalue weighted by atomic mass is 127. The highest BCUT2D eigenvalue weighted by Crippen LogP contribution is 2.18. The third-order valence-electron chi connectivity index (χ3n) is 3.96. The molecule has 0 aliphatic carbocycles. The summed E-state index contributed by atoms with van der Waals surface area (Å²) in [5, 5.41) is 3.51. The van der Waals surface area contributed by atoms with Crippen molar-refractivity contribution in [3.05, 3.63) is 35.4 Å². The van der Waals surface area contributed by atoms with Gasteiger partial charge in [0, 0.05) is 27.2 Å². The van der Waals surface area contributed by atoms with Gasteiger partial charge in [-0.2, -0.15) is 0 Å². The first kappa shape index (κ1) is 22.2. The first-order chi connectivity index (χ1) is 10.5. The number of rotatable bonds is 7. The number of aryl methyl sites for hydroxylation is 1. The van der Waals surface area contributed by atoms with Crippen LogP contribution in [-0.4, -0.2) is 57.0 Å².